The molecule has 3 aromatic rings. The first-order valence-electron chi connectivity index (χ1n) is 10.2. The number of furan rings is 1. The Labute approximate surface area is 193 Å². The summed E-state index contributed by atoms with van der Waals surface area (Å²) in [6.07, 6.45) is 1.62. The Morgan fingerprint density at radius 3 is 2.39 bits per heavy atom. The predicted molar refractivity (Wildman–Crippen MR) is 126 cm³/mol. The van der Waals surface area contributed by atoms with E-state index in [1.54, 1.807) is 12.1 Å². The monoisotopic (exact) mass is 467 g/mol. The fourth-order valence-electron chi connectivity index (χ4n) is 3.01. The fourth-order valence-corrected chi connectivity index (χ4v) is 4.22. The normalized spacial score (nSPS) is 11.2. The third-order valence-corrected chi connectivity index (χ3v) is 6.71. The molecule has 172 valence electrons. The number of carbonyl (C=O) groups is 2. The summed E-state index contributed by atoms with van der Waals surface area (Å²) < 4.78 is 32.3. The van der Waals surface area contributed by atoms with Crippen molar-refractivity contribution in [2.75, 3.05) is 25.5 Å². The number of nitrogens with zero attached hydrogens (tertiary/aromatic N) is 1. The lowest BCUT2D eigenvalue weighted by molar-refractivity contribution is -0.116. The number of hydrogen-bond donors (Lipinski definition) is 2. The van der Waals surface area contributed by atoms with Crippen LogP contribution in [0, 0.1) is 0 Å². The number of nitrogens with one attached hydrogen (secondary N) is 2. The van der Waals surface area contributed by atoms with Crippen molar-refractivity contribution in [3.05, 3.63) is 85.1 Å². The fraction of sp³-hybridized carbons (Fsp3) is 0.167. The summed E-state index contributed by atoms with van der Waals surface area (Å²) in [4.78, 5) is 23.7. The third-order valence-electron chi connectivity index (χ3n) is 4.84. The summed E-state index contributed by atoms with van der Waals surface area (Å²) >= 11 is 0. The molecule has 0 saturated heterocycles. The molecule has 0 unspecified atom stereocenters. The molecular weight excluding hydrogens is 442 g/mol. The molecule has 0 aliphatic rings. The molecule has 0 saturated carbocycles. The van der Waals surface area contributed by atoms with Gasteiger partial charge in [-0.25, -0.2) is 12.7 Å². The highest BCUT2D eigenvalue weighted by molar-refractivity contribution is 7.89. The number of anilines is 1. The van der Waals surface area contributed by atoms with Crippen molar-refractivity contribution in [1.29, 1.82) is 0 Å². The minimum absolute atomic E-state index is 0.0995. The van der Waals surface area contributed by atoms with Gasteiger partial charge in [-0.15, -0.1) is 0 Å². The van der Waals surface area contributed by atoms with Gasteiger partial charge in [0.25, 0.3) is 5.91 Å². The van der Waals surface area contributed by atoms with E-state index in [0.29, 0.717) is 24.4 Å². The molecule has 33 heavy (non-hydrogen) atoms. The van der Waals surface area contributed by atoms with E-state index in [1.807, 2.05) is 30.3 Å². The van der Waals surface area contributed by atoms with Gasteiger partial charge in [-0.05, 0) is 48.9 Å². The quantitative estimate of drug-likeness (QED) is 0.350. The summed E-state index contributed by atoms with van der Waals surface area (Å²) in [6, 6.07) is 18.6. The molecule has 0 aliphatic heterocycles. The Bertz CT molecular complexity index is 1220. The Balaban J connectivity index is 1.59. The standard InChI is InChI=1S/C24H25N3O5S/c1-3-23(28)25-16-7-17-27(2)33(30,31)20-12-10-19(11-13-20)26-24(29)22-15-14-21(32-22)18-8-5-4-6-9-18/h3-6,8-15H,1,7,16-17H2,2H3,(H,25,28)(H,26,29). The van der Waals surface area contributed by atoms with Gasteiger partial charge in [-0.1, -0.05) is 36.9 Å². The summed E-state index contributed by atoms with van der Waals surface area (Å²) in [7, 11) is -2.23. The molecule has 1 heterocycles. The number of carbonyl (C=O) groups excluding carboxylic acids is 2. The maximum Gasteiger partial charge on any atom is 0.291 e. The van der Waals surface area contributed by atoms with Gasteiger partial charge in [0.15, 0.2) is 5.76 Å². The second-order valence-corrected chi connectivity index (χ2v) is 9.23. The van der Waals surface area contributed by atoms with Crippen LogP contribution < -0.4 is 10.6 Å². The van der Waals surface area contributed by atoms with Crippen LogP contribution in [0.3, 0.4) is 0 Å². The van der Waals surface area contributed by atoms with Gasteiger partial charge in [-0.3, -0.25) is 9.59 Å². The molecule has 0 fully saturated rings. The molecule has 0 bridgehead atoms. The smallest absolute Gasteiger partial charge is 0.291 e. The SMILES string of the molecule is C=CC(=O)NCCCN(C)S(=O)(=O)c1ccc(NC(=O)c2ccc(-c3ccccc3)o2)cc1. The van der Waals surface area contributed by atoms with Gasteiger partial charge >= 0.3 is 0 Å². The molecule has 8 nitrogen and oxygen atoms in total. The largest absolute Gasteiger partial charge is 0.451 e. The molecule has 2 amide bonds. The molecule has 3 rings (SSSR count). The van der Waals surface area contributed by atoms with Gasteiger partial charge in [-0.2, -0.15) is 0 Å². The van der Waals surface area contributed by atoms with Crippen molar-refractivity contribution < 1.29 is 22.4 Å². The minimum atomic E-state index is -3.70. The van der Waals surface area contributed by atoms with Crippen molar-refractivity contribution in [2.45, 2.75) is 11.3 Å². The summed E-state index contributed by atoms with van der Waals surface area (Å²) in [6.45, 7) is 3.94. The second kappa shape index (κ2) is 10.8. The van der Waals surface area contributed by atoms with Crippen LogP contribution in [0.25, 0.3) is 11.3 Å². The number of rotatable bonds is 10. The van der Waals surface area contributed by atoms with Gasteiger partial charge in [0.05, 0.1) is 4.90 Å². The van der Waals surface area contributed by atoms with E-state index in [9.17, 15) is 18.0 Å². The first kappa shape index (κ1) is 24.0. The molecular formula is C24H25N3O5S. The molecule has 2 N–H and O–H groups in total. The Hall–Kier alpha value is -3.69. The van der Waals surface area contributed by atoms with Crippen molar-refractivity contribution >= 4 is 27.5 Å². The van der Waals surface area contributed by atoms with Crippen molar-refractivity contribution in [2.24, 2.45) is 0 Å². The average Bonchev–Trinajstić information content (AvgIpc) is 3.33. The van der Waals surface area contributed by atoms with Gasteiger partial charge in [0, 0.05) is 31.4 Å². The maximum atomic E-state index is 12.7. The van der Waals surface area contributed by atoms with Crippen LogP contribution in [0.2, 0.25) is 0 Å². The molecule has 2 aromatic carbocycles. The van der Waals surface area contributed by atoms with Gasteiger partial charge in [0.1, 0.15) is 5.76 Å². The predicted octanol–water partition coefficient (Wildman–Crippen LogP) is 3.51. The average molecular weight is 468 g/mol. The number of hydrogen-bond acceptors (Lipinski definition) is 5. The highest BCUT2D eigenvalue weighted by Crippen LogP contribution is 2.23. The van der Waals surface area contributed by atoms with E-state index in [0.717, 1.165) is 11.6 Å². The zero-order valence-electron chi connectivity index (χ0n) is 18.2. The van der Waals surface area contributed by atoms with Crippen LogP contribution >= 0.6 is 0 Å². The Kier molecular flexibility index (Phi) is 7.81. The second-order valence-electron chi connectivity index (χ2n) is 7.18. The van der Waals surface area contributed by atoms with Crippen LogP contribution in [0.4, 0.5) is 5.69 Å². The topological polar surface area (TPSA) is 109 Å². The Morgan fingerprint density at radius 2 is 1.73 bits per heavy atom. The van der Waals surface area contributed by atoms with E-state index >= 15 is 0 Å². The molecule has 0 aliphatic carbocycles. The van der Waals surface area contributed by atoms with Crippen molar-refractivity contribution in [3.63, 3.8) is 0 Å². The molecule has 0 spiro atoms. The third kappa shape index (κ3) is 6.18. The summed E-state index contributed by atoms with van der Waals surface area (Å²) in [5.41, 5.74) is 1.30. The van der Waals surface area contributed by atoms with Crippen LogP contribution in [0.15, 0.2) is 88.7 Å². The number of benzene rings is 2. The van der Waals surface area contributed by atoms with E-state index in [1.165, 1.54) is 35.6 Å². The van der Waals surface area contributed by atoms with Crippen molar-refractivity contribution in [3.8, 4) is 11.3 Å². The maximum absolute atomic E-state index is 12.7. The number of sulfonamides is 1. The van der Waals surface area contributed by atoms with Crippen molar-refractivity contribution in [1.82, 2.24) is 9.62 Å². The van der Waals surface area contributed by atoms with Crippen LogP contribution in [0.1, 0.15) is 17.0 Å². The van der Waals surface area contributed by atoms with E-state index in [-0.39, 0.29) is 23.1 Å². The zero-order chi connectivity index (χ0) is 23.8. The number of amides is 2. The lowest BCUT2D eigenvalue weighted by Crippen LogP contribution is -2.31. The molecule has 0 radical (unpaired) electrons. The molecule has 9 heteroatoms. The summed E-state index contributed by atoms with van der Waals surface area (Å²) in [5.74, 6) is -0.0152. The molecule has 0 atom stereocenters. The van der Waals surface area contributed by atoms with Crippen LogP contribution in [-0.4, -0.2) is 44.7 Å². The minimum Gasteiger partial charge on any atom is -0.451 e. The van der Waals surface area contributed by atoms with Gasteiger partial charge in [0.2, 0.25) is 15.9 Å². The van der Waals surface area contributed by atoms with Crippen LogP contribution in [0.5, 0.6) is 0 Å². The Morgan fingerprint density at radius 1 is 1.03 bits per heavy atom. The zero-order valence-corrected chi connectivity index (χ0v) is 19.0. The van der Waals surface area contributed by atoms with Crippen LogP contribution in [-0.2, 0) is 14.8 Å². The highest BCUT2D eigenvalue weighted by atomic mass is 32.2. The van der Waals surface area contributed by atoms with Gasteiger partial charge < -0.3 is 15.1 Å². The molecule has 1 aromatic heterocycles. The summed E-state index contributed by atoms with van der Waals surface area (Å²) in [5, 5.41) is 5.30. The first-order valence-corrected chi connectivity index (χ1v) is 11.7. The van der Waals surface area contributed by atoms with E-state index in [2.05, 4.69) is 17.2 Å². The van der Waals surface area contributed by atoms with E-state index in [4.69, 9.17) is 4.42 Å². The first-order chi connectivity index (χ1) is 15.8. The lowest BCUT2D eigenvalue weighted by Gasteiger charge is -2.17. The lowest BCUT2D eigenvalue weighted by atomic mass is 10.2. The van der Waals surface area contributed by atoms with E-state index < -0.39 is 15.9 Å². The highest BCUT2D eigenvalue weighted by Gasteiger charge is 2.20.